The highest BCUT2D eigenvalue weighted by molar-refractivity contribution is 4.96. The molecule has 0 aliphatic heterocycles. The Morgan fingerprint density at radius 1 is 1.36 bits per heavy atom. The summed E-state index contributed by atoms with van der Waals surface area (Å²) in [4.78, 5) is 0. The zero-order chi connectivity index (χ0) is 8.65. The first kappa shape index (κ1) is 8.17. The van der Waals surface area contributed by atoms with Crippen molar-refractivity contribution in [3.05, 3.63) is 11.6 Å². The van der Waals surface area contributed by atoms with Gasteiger partial charge in [-0.15, -0.1) is 0 Å². The molecule has 0 N–H and O–H groups in total. The molecule has 3 nitrogen and oxygen atoms in total. The van der Waals surface area contributed by atoms with E-state index in [0.29, 0.717) is 5.69 Å². The molecular weight excluding hydrogens is 145 g/mol. The van der Waals surface area contributed by atoms with Crippen molar-refractivity contribution in [2.24, 2.45) is 0 Å². The zero-order valence-electron chi connectivity index (χ0n) is 7.22. The summed E-state index contributed by atoms with van der Waals surface area (Å²) in [6.07, 6.45) is 0. The largest absolute Gasteiger partial charge is 0.255 e. The van der Waals surface area contributed by atoms with Gasteiger partial charge in [0.1, 0.15) is 0 Å². The summed E-state index contributed by atoms with van der Waals surface area (Å²) in [6.45, 7) is 7.52. The van der Waals surface area contributed by atoms with Gasteiger partial charge in [-0.05, 0) is 27.7 Å². The fraction of sp³-hybridized carbons (Fsp3) is 0.714. The first-order chi connectivity index (χ1) is 4.93. The van der Waals surface area contributed by atoms with Gasteiger partial charge in [-0.2, -0.15) is 4.39 Å². The number of nitrogens with zero attached hydrogens (tertiary/aromatic N) is 3. The molecule has 1 aromatic rings. The Morgan fingerprint density at radius 2 is 1.91 bits per heavy atom. The van der Waals surface area contributed by atoms with E-state index in [1.54, 1.807) is 11.6 Å². The minimum absolute atomic E-state index is 0.193. The highest BCUT2D eigenvalue weighted by atomic mass is 19.1. The summed E-state index contributed by atoms with van der Waals surface area (Å²) in [5.74, 6) is -0.486. The topological polar surface area (TPSA) is 30.7 Å². The molecule has 0 radical (unpaired) electrons. The van der Waals surface area contributed by atoms with Crippen LogP contribution in [0.3, 0.4) is 0 Å². The third-order valence-corrected chi connectivity index (χ3v) is 1.47. The van der Waals surface area contributed by atoms with Crippen LogP contribution in [0.4, 0.5) is 4.39 Å². The smallest absolute Gasteiger partial charge is 0.241 e. The van der Waals surface area contributed by atoms with Crippen LogP contribution in [0.2, 0.25) is 0 Å². The van der Waals surface area contributed by atoms with E-state index >= 15 is 0 Å². The molecule has 0 aliphatic carbocycles. The number of hydrogen-bond donors (Lipinski definition) is 0. The average Bonchev–Trinajstić information content (AvgIpc) is 2.11. The fourth-order valence-corrected chi connectivity index (χ4v) is 0.948. The maximum atomic E-state index is 12.7. The van der Waals surface area contributed by atoms with Crippen LogP contribution in [-0.2, 0) is 5.54 Å². The van der Waals surface area contributed by atoms with Crippen LogP contribution in [0.5, 0.6) is 0 Å². The van der Waals surface area contributed by atoms with Crippen molar-refractivity contribution in [3.63, 3.8) is 0 Å². The summed E-state index contributed by atoms with van der Waals surface area (Å²) in [6, 6.07) is 0. The molecule has 0 spiro atoms. The van der Waals surface area contributed by atoms with Crippen LogP contribution in [0, 0.1) is 12.9 Å². The van der Waals surface area contributed by atoms with E-state index in [1.807, 2.05) is 20.8 Å². The molecule has 0 saturated carbocycles. The standard InChI is InChI=1S/C7H12FN3/c1-5-6(8)9-10-11(5)7(2,3)4/h1-4H3. The predicted molar refractivity (Wildman–Crippen MR) is 39.7 cm³/mol. The molecule has 0 saturated heterocycles. The van der Waals surface area contributed by atoms with E-state index in [9.17, 15) is 4.39 Å². The lowest BCUT2D eigenvalue weighted by molar-refractivity contribution is 0.339. The third kappa shape index (κ3) is 1.39. The predicted octanol–water partition coefficient (Wildman–Crippen LogP) is 1.48. The van der Waals surface area contributed by atoms with Crippen LogP contribution < -0.4 is 0 Å². The van der Waals surface area contributed by atoms with Crippen LogP contribution in [0.1, 0.15) is 26.5 Å². The third-order valence-electron chi connectivity index (χ3n) is 1.47. The minimum atomic E-state index is -0.486. The molecule has 0 aliphatic rings. The van der Waals surface area contributed by atoms with Gasteiger partial charge in [0.25, 0.3) is 5.95 Å². The second kappa shape index (κ2) is 2.29. The maximum Gasteiger partial charge on any atom is 0.255 e. The molecule has 0 aromatic carbocycles. The second-order valence-electron chi connectivity index (χ2n) is 3.55. The quantitative estimate of drug-likeness (QED) is 0.571. The molecule has 1 heterocycles. The van der Waals surface area contributed by atoms with E-state index in [0.717, 1.165) is 0 Å². The summed E-state index contributed by atoms with van der Waals surface area (Å²) in [5, 5.41) is 7.01. The summed E-state index contributed by atoms with van der Waals surface area (Å²) < 4.78 is 14.2. The average molecular weight is 157 g/mol. The van der Waals surface area contributed by atoms with Crippen molar-refractivity contribution in [2.45, 2.75) is 33.2 Å². The summed E-state index contributed by atoms with van der Waals surface area (Å²) in [5.41, 5.74) is 0.291. The maximum absolute atomic E-state index is 12.7. The lowest BCUT2D eigenvalue weighted by atomic mass is 10.1. The molecule has 0 amide bonds. The highest BCUT2D eigenvalue weighted by Gasteiger charge is 2.19. The molecule has 62 valence electrons. The lowest BCUT2D eigenvalue weighted by Gasteiger charge is -2.19. The molecule has 0 fully saturated rings. The van der Waals surface area contributed by atoms with E-state index in [-0.39, 0.29) is 5.54 Å². The monoisotopic (exact) mass is 157 g/mol. The number of hydrogen-bond acceptors (Lipinski definition) is 2. The molecule has 1 aromatic heterocycles. The van der Waals surface area contributed by atoms with E-state index in [2.05, 4.69) is 10.3 Å². The molecule has 0 atom stereocenters. The summed E-state index contributed by atoms with van der Waals surface area (Å²) in [7, 11) is 0. The van der Waals surface area contributed by atoms with Gasteiger partial charge in [-0.25, -0.2) is 4.68 Å². The molecule has 0 bridgehead atoms. The van der Waals surface area contributed by atoms with Gasteiger partial charge in [0.15, 0.2) is 0 Å². The number of halogens is 1. The Hall–Kier alpha value is -0.930. The minimum Gasteiger partial charge on any atom is -0.241 e. The molecule has 0 unspecified atom stereocenters. The van der Waals surface area contributed by atoms with Crippen LogP contribution in [0.25, 0.3) is 0 Å². The van der Waals surface area contributed by atoms with Crippen LogP contribution in [0.15, 0.2) is 0 Å². The Bertz CT molecular complexity index is 259. The normalized spacial score (nSPS) is 12.1. The van der Waals surface area contributed by atoms with Crippen molar-refractivity contribution in [1.29, 1.82) is 0 Å². The number of rotatable bonds is 0. The molecule has 1 rings (SSSR count). The van der Waals surface area contributed by atoms with Gasteiger partial charge in [0.2, 0.25) is 0 Å². The Labute approximate surface area is 65.2 Å². The first-order valence-corrected chi connectivity index (χ1v) is 3.51. The van der Waals surface area contributed by atoms with Crippen molar-refractivity contribution in [1.82, 2.24) is 15.0 Å². The van der Waals surface area contributed by atoms with Crippen molar-refractivity contribution >= 4 is 0 Å². The Morgan fingerprint density at radius 3 is 2.09 bits per heavy atom. The SMILES string of the molecule is Cc1c(F)nnn1C(C)(C)C. The number of aromatic nitrogens is 3. The van der Waals surface area contributed by atoms with Crippen molar-refractivity contribution < 1.29 is 4.39 Å². The Balaban J connectivity index is 3.15. The van der Waals surface area contributed by atoms with Gasteiger partial charge < -0.3 is 0 Å². The molecular formula is C7H12FN3. The first-order valence-electron chi connectivity index (χ1n) is 3.51. The van der Waals surface area contributed by atoms with E-state index < -0.39 is 5.95 Å². The van der Waals surface area contributed by atoms with Crippen LogP contribution >= 0.6 is 0 Å². The van der Waals surface area contributed by atoms with E-state index in [4.69, 9.17) is 0 Å². The van der Waals surface area contributed by atoms with Gasteiger partial charge in [0.05, 0.1) is 11.2 Å². The van der Waals surface area contributed by atoms with Gasteiger partial charge in [0, 0.05) is 0 Å². The van der Waals surface area contributed by atoms with Crippen LogP contribution in [-0.4, -0.2) is 15.0 Å². The van der Waals surface area contributed by atoms with Crippen molar-refractivity contribution in [2.75, 3.05) is 0 Å². The van der Waals surface area contributed by atoms with Gasteiger partial charge in [-0.1, -0.05) is 10.3 Å². The van der Waals surface area contributed by atoms with Gasteiger partial charge in [-0.3, -0.25) is 0 Å². The van der Waals surface area contributed by atoms with Crippen molar-refractivity contribution in [3.8, 4) is 0 Å². The Kier molecular flexibility index (Phi) is 1.70. The summed E-state index contributed by atoms with van der Waals surface area (Å²) >= 11 is 0. The highest BCUT2D eigenvalue weighted by Crippen LogP contribution is 2.15. The molecule has 11 heavy (non-hydrogen) atoms. The van der Waals surface area contributed by atoms with Gasteiger partial charge >= 0.3 is 0 Å². The zero-order valence-corrected chi connectivity index (χ0v) is 7.22. The van der Waals surface area contributed by atoms with E-state index in [1.165, 1.54) is 0 Å². The lowest BCUT2D eigenvalue weighted by Crippen LogP contribution is -2.24. The fourth-order valence-electron chi connectivity index (χ4n) is 0.948. The second-order valence-corrected chi connectivity index (χ2v) is 3.55. The molecule has 4 heteroatoms.